The fraction of sp³-hybridized carbons (Fsp3) is 0.0800. The fourth-order valence-electron chi connectivity index (χ4n) is 3.30. The van der Waals surface area contributed by atoms with Crippen molar-refractivity contribution in [1.29, 1.82) is 0 Å². The average Bonchev–Trinajstić information content (AvgIpc) is 3.39. The van der Waals surface area contributed by atoms with E-state index in [0.717, 1.165) is 15.6 Å². The number of rotatable bonds is 11. The molecule has 1 N–H and O–H groups in total. The van der Waals surface area contributed by atoms with Gasteiger partial charge in [0.15, 0.2) is 0 Å². The van der Waals surface area contributed by atoms with Crippen molar-refractivity contribution in [2.24, 2.45) is 0 Å². The zero-order valence-corrected chi connectivity index (χ0v) is 21.5. The first kappa shape index (κ1) is 26.4. The van der Waals surface area contributed by atoms with Crippen LogP contribution in [0.3, 0.4) is 0 Å². The van der Waals surface area contributed by atoms with Crippen molar-refractivity contribution in [3.8, 4) is 11.5 Å². The summed E-state index contributed by atoms with van der Waals surface area (Å²) in [6, 6.07) is 23.0. The summed E-state index contributed by atoms with van der Waals surface area (Å²) in [7, 11) is -3.81. The molecule has 3 aromatic carbocycles. The highest BCUT2D eigenvalue weighted by Crippen LogP contribution is 2.40. The molecular formula is C25H20NO8S3-. The lowest BCUT2D eigenvalue weighted by Gasteiger charge is -2.26. The lowest BCUT2D eigenvalue weighted by molar-refractivity contribution is 0.0696. The first-order chi connectivity index (χ1) is 17.8. The van der Waals surface area contributed by atoms with Gasteiger partial charge in [-0.05, 0) is 60.7 Å². The number of sulfone groups is 1. The van der Waals surface area contributed by atoms with E-state index in [-0.39, 0.29) is 44.3 Å². The van der Waals surface area contributed by atoms with Crippen LogP contribution >= 0.6 is 11.3 Å². The van der Waals surface area contributed by atoms with Crippen molar-refractivity contribution in [3.63, 3.8) is 0 Å². The molecule has 1 heterocycles. The molecule has 192 valence electrons. The molecule has 12 heteroatoms. The highest BCUT2D eigenvalue weighted by molar-refractivity contribution is 7.93. The number of nitrogens with zero attached hydrogens (tertiary/aromatic N) is 1. The van der Waals surface area contributed by atoms with E-state index >= 15 is 0 Å². The summed E-state index contributed by atoms with van der Waals surface area (Å²) >= 11 is -1.95. The summed E-state index contributed by atoms with van der Waals surface area (Å²) in [6.45, 7) is 0.175. The molecular weight excluding hydrogens is 538 g/mol. The summed E-state index contributed by atoms with van der Waals surface area (Å²) in [5, 5.41) is 9.14. The van der Waals surface area contributed by atoms with Crippen molar-refractivity contribution in [2.75, 3.05) is 17.5 Å². The second-order valence-electron chi connectivity index (χ2n) is 7.41. The molecule has 0 aliphatic heterocycles. The molecule has 0 spiro atoms. The average molecular weight is 559 g/mol. The monoisotopic (exact) mass is 558 g/mol. The van der Waals surface area contributed by atoms with E-state index in [9.17, 15) is 22.0 Å². The molecule has 1 atom stereocenters. The first-order valence-corrected chi connectivity index (χ1v) is 14.1. The molecule has 0 saturated carbocycles. The molecule has 0 fully saturated rings. The largest absolute Gasteiger partial charge is 0.755 e. The number of benzene rings is 3. The Morgan fingerprint density at radius 1 is 0.892 bits per heavy atom. The van der Waals surface area contributed by atoms with E-state index in [1.807, 2.05) is 0 Å². The van der Waals surface area contributed by atoms with Gasteiger partial charge in [-0.1, -0.05) is 30.3 Å². The highest BCUT2D eigenvalue weighted by atomic mass is 32.2. The summed E-state index contributed by atoms with van der Waals surface area (Å²) in [6.07, 6.45) is 0. The summed E-state index contributed by atoms with van der Waals surface area (Å²) in [5.74, 6) is -0.338. The summed E-state index contributed by atoms with van der Waals surface area (Å²) in [4.78, 5) is 11.1. The van der Waals surface area contributed by atoms with E-state index in [0.29, 0.717) is 5.75 Å². The molecule has 9 nitrogen and oxygen atoms in total. The van der Waals surface area contributed by atoms with E-state index in [1.165, 1.54) is 48.5 Å². The van der Waals surface area contributed by atoms with Crippen LogP contribution in [0.4, 0.5) is 10.7 Å². The third-order valence-electron chi connectivity index (χ3n) is 5.03. The number of aromatic carboxylic acids is 1. The smallest absolute Gasteiger partial charge is 0.335 e. The number of carboxylic acid groups (broad SMARTS) is 1. The SMILES string of the molecule is O=C(O)c1ccc(OCCOc2ccccc2N(c2ccc(S(=O)(=O)c3ccccc3)s2)S(=O)[O-])cc1. The lowest BCUT2D eigenvalue weighted by atomic mass is 10.2. The molecule has 0 amide bonds. The number of anilines is 2. The van der Waals surface area contributed by atoms with E-state index in [4.69, 9.17) is 14.6 Å². The topological polar surface area (TPSA) is 133 Å². The van der Waals surface area contributed by atoms with Gasteiger partial charge in [0.1, 0.15) is 33.9 Å². The number of thiophene rings is 1. The van der Waals surface area contributed by atoms with Gasteiger partial charge in [-0.25, -0.2) is 13.2 Å². The Morgan fingerprint density at radius 3 is 2.22 bits per heavy atom. The van der Waals surface area contributed by atoms with Crippen LogP contribution in [-0.2, 0) is 21.1 Å². The van der Waals surface area contributed by atoms with E-state index in [1.54, 1.807) is 42.5 Å². The van der Waals surface area contributed by atoms with Crippen LogP contribution < -0.4 is 13.8 Å². The summed E-state index contributed by atoms with van der Waals surface area (Å²) < 4.78 is 62.7. The van der Waals surface area contributed by atoms with Crippen LogP contribution in [0.25, 0.3) is 0 Å². The van der Waals surface area contributed by atoms with Crippen molar-refractivity contribution in [1.82, 2.24) is 0 Å². The van der Waals surface area contributed by atoms with Crippen molar-refractivity contribution >= 4 is 49.1 Å². The number of hydrogen-bond acceptors (Lipinski definition) is 8. The number of hydrogen-bond donors (Lipinski definition) is 1. The van der Waals surface area contributed by atoms with Crippen molar-refractivity contribution < 1.29 is 36.6 Å². The molecule has 1 unspecified atom stereocenters. The minimum Gasteiger partial charge on any atom is -0.755 e. The van der Waals surface area contributed by atoms with Crippen LogP contribution in [0.1, 0.15) is 10.4 Å². The van der Waals surface area contributed by atoms with E-state index < -0.39 is 27.1 Å². The van der Waals surface area contributed by atoms with Crippen LogP contribution in [0.5, 0.6) is 11.5 Å². The Bertz CT molecular complexity index is 1500. The molecule has 4 rings (SSSR count). The standard InChI is InChI=1S/C25H21NO8S3/c27-25(28)18-10-12-19(13-11-18)33-16-17-34-22-9-5-4-8-21(22)26(36(29)30)23-14-15-24(35-23)37(31,32)20-6-2-1-3-7-20/h1-15H,16-17H2,(H,27,28)(H,29,30)/p-1. The Balaban J connectivity index is 1.50. The minimum absolute atomic E-state index is 0.00451. The minimum atomic E-state index is -3.81. The van der Waals surface area contributed by atoms with Gasteiger partial charge in [-0.3, -0.25) is 8.51 Å². The molecule has 0 saturated heterocycles. The number of para-hydroxylation sites is 2. The molecule has 0 bridgehead atoms. The van der Waals surface area contributed by atoms with Gasteiger partial charge in [-0.2, -0.15) is 0 Å². The van der Waals surface area contributed by atoms with Crippen LogP contribution in [0.15, 0.2) is 100 Å². The Morgan fingerprint density at radius 2 is 1.54 bits per heavy atom. The van der Waals surface area contributed by atoms with Crippen molar-refractivity contribution in [3.05, 3.63) is 96.6 Å². The first-order valence-electron chi connectivity index (χ1n) is 10.7. The van der Waals surface area contributed by atoms with Gasteiger partial charge in [0.2, 0.25) is 9.84 Å². The van der Waals surface area contributed by atoms with Crippen LogP contribution in [-0.4, -0.2) is 41.5 Å². The zero-order valence-electron chi connectivity index (χ0n) is 19.1. The van der Waals surface area contributed by atoms with Gasteiger partial charge < -0.3 is 19.1 Å². The normalized spacial score (nSPS) is 12.0. The van der Waals surface area contributed by atoms with Gasteiger partial charge in [-0.15, -0.1) is 11.3 Å². The predicted molar refractivity (Wildman–Crippen MR) is 138 cm³/mol. The van der Waals surface area contributed by atoms with Crippen molar-refractivity contribution in [2.45, 2.75) is 9.10 Å². The molecule has 4 aromatic rings. The fourth-order valence-corrected chi connectivity index (χ4v) is 6.76. The van der Waals surface area contributed by atoms with Gasteiger partial charge in [0.25, 0.3) is 0 Å². The zero-order chi connectivity index (χ0) is 26.4. The Labute approximate surface area is 219 Å². The quantitative estimate of drug-likeness (QED) is 0.207. The third-order valence-corrected chi connectivity index (χ3v) is 9.17. The third kappa shape index (κ3) is 6.17. The highest BCUT2D eigenvalue weighted by Gasteiger charge is 2.23. The number of carbonyl (C=O) groups is 1. The maximum absolute atomic E-state index is 13.0. The molecule has 1 aromatic heterocycles. The second kappa shape index (κ2) is 11.6. The second-order valence-corrected chi connectivity index (χ2v) is 11.5. The number of carboxylic acids is 1. The lowest BCUT2D eigenvalue weighted by Crippen LogP contribution is -2.20. The van der Waals surface area contributed by atoms with Gasteiger partial charge >= 0.3 is 5.97 Å². The predicted octanol–water partition coefficient (Wildman–Crippen LogP) is 4.67. The Kier molecular flexibility index (Phi) is 8.24. The van der Waals surface area contributed by atoms with E-state index in [2.05, 4.69) is 0 Å². The van der Waals surface area contributed by atoms with Crippen LogP contribution in [0, 0.1) is 0 Å². The molecule has 0 radical (unpaired) electrons. The molecule has 37 heavy (non-hydrogen) atoms. The molecule has 0 aliphatic carbocycles. The summed E-state index contributed by atoms with van der Waals surface area (Å²) in [5.41, 5.74) is 0.337. The van der Waals surface area contributed by atoms with Gasteiger partial charge in [0, 0.05) is 0 Å². The maximum atomic E-state index is 13.0. The molecule has 0 aliphatic rings. The van der Waals surface area contributed by atoms with Gasteiger partial charge in [0.05, 0.1) is 27.4 Å². The number of ether oxygens (including phenoxy) is 2. The Hall–Kier alpha value is -3.71. The maximum Gasteiger partial charge on any atom is 0.335 e. The van der Waals surface area contributed by atoms with Crippen LogP contribution in [0.2, 0.25) is 0 Å².